The monoisotopic (exact) mass is 292 g/mol. The van der Waals surface area contributed by atoms with Gasteiger partial charge in [-0.25, -0.2) is 4.98 Å². The zero-order valence-corrected chi connectivity index (χ0v) is 12.2. The summed E-state index contributed by atoms with van der Waals surface area (Å²) in [6, 6.07) is 17.5. The number of amides is 1. The van der Waals surface area contributed by atoms with Gasteiger partial charge in [-0.05, 0) is 12.5 Å². The van der Waals surface area contributed by atoms with Crippen LogP contribution in [0.2, 0.25) is 0 Å². The van der Waals surface area contributed by atoms with E-state index in [0.717, 1.165) is 11.1 Å². The van der Waals surface area contributed by atoms with Gasteiger partial charge in [0.05, 0.1) is 0 Å². The first-order valence-electron chi connectivity index (χ1n) is 7.06. The van der Waals surface area contributed by atoms with E-state index in [1.165, 1.54) is 12.0 Å². The minimum absolute atomic E-state index is 0.242. The molecule has 0 aliphatic carbocycles. The Hall–Kier alpha value is -2.88. The molecule has 0 radical (unpaired) electrons. The number of carbonyl (C=O) groups is 1. The molecular weight excluding hydrogens is 276 g/mol. The molecule has 3 rings (SSSR count). The Morgan fingerprint density at radius 2 is 1.82 bits per heavy atom. The average Bonchev–Trinajstić information content (AvgIpc) is 3.04. The van der Waals surface area contributed by atoms with Crippen LogP contribution in [0.15, 0.2) is 65.4 Å². The summed E-state index contributed by atoms with van der Waals surface area (Å²) >= 11 is 0. The quantitative estimate of drug-likeness (QED) is 0.799. The topological polar surface area (TPSA) is 55.1 Å². The van der Waals surface area contributed by atoms with E-state index >= 15 is 0 Å². The fraction of sp³-hybridized carbons (Fsp3) is 0.111. The summed E-state index contributed by atoms with van der Waals surface area (Å²) in [4.78, 5) is 16.3. The lowest BCUT2D eigenvalue weighted by molar-refractivity contribution is 0.0947. The van der Waals surface area contributed by atoms with Crippen LogP contribution < -0.4 is 5.32 Å². The standard InChI is InChI=1S/C18H16N2O2/c1-13-7-9-14(10-8-13)11-19-18(21)16-17(22-12-20-16)15-5-3-2-4-6-15/h2-10,12H,11H2,1H3,(H,19,21). The summed E-state index contributed by atoms with van der Waals surface area (Å²) in [6.45, 7) is 2.49. The first-order chi connectivity index (χ1) is 10.7. The van der Waals surface area contributed by atoms with Crippen molar-refractivity contribution in [2.45, 2.75) is 13.5 Å². The molecule has 1 amide bonds. The van der Waals surface area contributed by atoms with Gasteiger partial charge in [0.15, 0.2) is 17.8 Å². The molecule has 0 atom stereocenters. The maximum Gasteiger partial charge on any atom is 0.274 e. The molecular formula is C18H16N2O2. The first-order valence-corrected chi connectivity index (χ1v) is 7.06. The summed E-state index contributed by atoms with van der Waals surface area (Å²) in [6.07, 6.45) is 1.29. The third-order valence-electron chi connectivity index (χ3n) is 3.39. The molecule has 110 valence electrons. The highest BCUT2D eigenvalue weighted by Gasteiger charge is 2.17. The van der Waals surface area contributed by atoms with Crippen LogP contribution in [-0.4, -0.2) is 10.9 Å². The van der Waals surface area contributed by atoms with Crippen molar-refractivity contribution < 1.29 is 9.21 Å². The van der Waals surface area contributed by atoms with Crippen LogP contribution in [0.3, 0.4) is 0 Å². The fourth-order valence-electron chi connectivity index (χ4n) is 2.17. The number of nitrogens with zero attached hydrogens (tertiary/aromatic N) is 1. The summed E-state index contributed by atoms with van der Waals surface area (Å²) < 4.78 is 5.37. The highest BCUT2D eigenvalue weighted by molar-refractivity contribution is 5.97. The molecule has 0 aliphatic heterocycles. The van der Waals surface area contributed by atoms with E-state index in [0.29, 0.717) is 18.0 Å². The molecule has 4 heteroatoms. The molecule has 0 spiro atoms. The van der Waals surface area contributed by atoms with Crippen molar-refractivity contribution in [3.05, 3.63) is 77.8 Å². The summed E-state index contributed by atoms with van der Waals surface area (Å²) in [5.41, 5.74) is 3.38. The van der Waals surface area contributed by atoms with Gasteiger partial charge in [0.1, 0.15) is 0 Å². The molecule has 22 heavy (non-hydrogen) atoms. The Morgan fingerprint density at radius 3 is 2.55 bits per heavy atom. The maximum absolute atomic E-state index is 12.3. The summed E-state index contributed by atoms with van der Waals surface area (Å²) in [5, 5.41) is 2.87. The zero-order valence-electron chi connectivity index (χ0n) is 12.2. The third-order valence-corrected chi connectivity index (χ3v) is 3.39. The molecule has 0 saturated carbocycles. The van der Waals surface area contributed by atoms with E-state index in [9.17, 15) is 4.79 Å². The van der Waals surface area contributed by atoms with Crippen molar-refractivity contribution in [3.63, 3.8) is 0 Å². The number of nitrogens with one attached hydrogen (secondary N) is 1. The highest BCUT2D eigenvalue weighted by Crippen LogP contribution is 2.22. The zero-order chi connectivity index (χ0) is 15.4. The predicted octanol–water partition coefficient (Wildman–Crippen LogP) is 3.58. The molecule has 0 fully saturated rings. The van der Waals surface area contributed by atoms with Gasteiger partial charge in [0.2, 0.25) is 0 Å². The molecule has 3 aromatic rings. The number of aromatic nitrogens is 1. The normalized spacial score (nSPS) is 10.4. The van der Waals surface area contributed by atoms with E-state index in [4.69, 9.17) is 4.42 Å². The predicted molar refractivity (Wildman–Crippen MR) is 84.3 cm³/mol. The van der Waals surface area contributed by atoms with Gasteiger partial charge in [0.25, 0.3) is 5.91 Å². The number of carbonyl (C=O) groups excluding carboxylic acids is 1. The average molecular weight is 292 g/mol. The summed E-state index contributed by atoms with van der Waals surface area (Å²) in [7, 11) is 0. The van der Waals surface area contributed by atoms with Gasteiger partial charge in [-0.1, -0.05) is 60.2 Å². The van der Waals surface area contributed by atoms with Crippen LogP contribution in [0.25, 0.3) is 11.3 Å². The van der Waals surface area contributed by atoms with Crippen LogP contribution >= 0.6 is 0 Å². The fourth-order valence-corrected chi connectivity index (χ4v) is 2.17. The van der Waals surface area contributed by atoms with E-state index < -0.39 is 0 Å². The SMILES string of the molecule is Cc1ccc(CNC(=O)c2ncoc2-c2ccccc2)cc1. The van der Waals surface area contributed by atoms with Crippen molar-refractivity contribution in [3.8, 4) is 11.3 Å². The Morgan fingerprint density at radius 1 is 1.09 bits per heavy atom. The molecule has 2 aromatic carbocycles. The summed E-state index contributed by atoms with van der Waals surface area (Å²) in [5.74, 6) is 0.246. The van der Waals surface area contributed by atoms with Crippen LogP contribution in [-0.2, 0) is 6.54 Å². The number of aryl methyl sites for hydroxylation is 1. The van der Waals surface area contributed by atoms with Crippen LogP contribution in [0.5, 0.6) is 0 Å². The minimum atomic E-state index is -0.242. The number of hydrogen-bond donors (Lipinski definition) is 1. The van der Waals surface area contributed by atoms with Gasteiger partial charge < -0.3 is 9.73 Å². The first kappa shape index (κ1) is 14.1. The van der Waals surface area contributed by atoms with Gasteiger partial charge in [-0.3, -0.25) is 4.79 Å². The van der Waals surface area contributed by atoms with Crippen molar-refractivity contribution >= 4 is 5.91 Å². The second-order valence-corrected chi connectivity index (χ2v) is 5.06. The van der Waals surface area contributed by atoms with E-state index in [-0.39, 0.29) is 5.91 Å². The second kappa shape index (κ2) is 6.26. The molecule has 1 N–H and O–H groups in total. The van der Waals surface area contributed by atoms with E-state index in [1.807, 2.05) is 61.5 Å². The molecule has 0 unspecified atom stereocenters. The van der Waals surface area contributed by atoms with Crippen LogP contribution in [0.1, 0.15) is 21.6 Å². The molecule has 0 saturated heterocycles. The van der Waals surface area contributed by atoms with Crippen molar-refractivity contribution in [1.29, 1.82) is 0 Å². The van der Waals surface area contributed by atoms with E-state index in [1.54, 1.807) is 0 Å². The Balaban J connectivity index is 1.73. The van der Waals surface area contributed by atoms with Crippen molar-refractivity contribution in [2.24, 2.45) is 0 Å². The Kier molecular flexibility index (Phi) is 4.01. The maximum atomic E-state index is 12.3. The van der Waals surface area contributed by atoms with Crippen molar-refractivity contribution in [2.75, 3.05) is 0 Å². The lowest BCUT2D eigenvalue weighted by Gasteiger charge is -2.05. The third kappa shape index (κ3) is 3.06. The molecule has 1 aromatic heterocycles. The number of oxazole rings is 1. The van der Waals surface area contributed by atoms with E-state index in [2.05, 4.69) is 10.3 Å². The second-order valence-electron chi connectivity index (χ2n) is 5.06. The molecule has 0 aliphatic rings. The van der Waals surface area contributed by atoms with Crippen LogP contribution in [0, 0.1) is 6.92 Å². The molecule has 1 heterocycles. The molecule has 0 bridgehead atoms. The Labute approximate surface area is 128 Å². The van der Waals surface area contributed by atoms with Gasteiger partial charge >= 0.3 is 0 Å². The van der Waals surface area contributed by atoms with Crippen LogP contribution in [0.4, 0.5) is 0 Å². The number of rotatable bonds is 4. The number of benzene rings is 2. The van der Waals surface area contributed by atoms with Gasteiger partial charge in [0, 0.05) is 12.1 Å². The van der Waals surface area contributed by atoms with Gasteiger partial charge in [-0.2, -0.15) is 0 Å². The largest absolute Gasteiger partial charge is 0.443 e. The smallest absolute Gasteiger partial charge is 0.274 e. The molecule has 4 nitrogen and oxygen atoms in total. The Bertz CT molecular complexity index is 761. The van der Waals surface area contributed by atoms with Crippen molar-refractivity contribution in [1.82, 2.24) is 10.3 Å². The lowest BCUT2D eigenvalue weighted by atomic mass is 10.1. The van der Waals surface area contributed by atoms with Gasteiger partial charge in [-0.15, -0.1) is 0 Å². The lowest BCUT2D eigenvalue weighted by Crippen LogP contribution is -2.23. The number of hydrogen-bond acceptors (Lipinski definition) is 3. The minimum Gasteiger partial charge on any atom is -0.443 e. The highest BCUT2D eigenvalue weighted by atomic mass is 16.3.